The minimum absolute atomic E-state index is 0.185. The largest absolute Gasteiger partial charge is 0.507 e. The van der Waals surface area contributed by atoms with Crippen LogP contribution in [0.4, 0.5) is 8.78 Å². The van der Waals surface area contributed by atoms with Crippen molar-refractivity contribution in [3.8, 4) is 5.75 Å². The van der Waals surface area contributed by atoms with E-state index in [1.165, 1.54) is 0 Å². The highest BCUT2D eigenvalue weighted by Crippen LogP contribution is 2.34. The Morgan fingerprint density at radius 1 is 1.45 bits per heavy atom. The maximum Gasteiger partial charge on any atom is 0.258 e. The predicted molar refractivity (Wildman–Crippen MR) is 70.6 cm³/mol. The van der Waals surface area contributed by atoms with Crippen molar-refractivity contribution in [3.63, 3.8) is 0 Å². The van der Waals surface area contributed by atoms with Gasteiger partial charge in [-0.2, -0.15) is 0 Å². The second-order valence-electron chi connectivity index (χ2n) is 5.36. The Morgan fingerprint density at radius 3 is 2.60 bits per heavy atom. The molecule has 1 atom stereocenters. The van der Waals surface area contributed by atoms with E-state index >= 15 is 0 Å². The van der Waals surface area contributed by atoms with Crippen LogP contribution < -0.4 is 5.32 Å². The molecule has 0 aromatic heterocycles. The lowest BCUT2D eigenvalue weighted by Crippen LogP contribution is -2.41. The summed E-state index contributed by atoms with van der Waals surface area (Å²) in [4.78, 5) is 13.9. The van der Waals surface area contributed by atoms with Crippen molar-refractivity contribution in [1.29, 1.82) is 0 Å². The summed E-state index contributed by atoms with van der Waals surface area (Å²) < 4.78 is 26.4. The summed E-state index contributed by atoms with van der Waals surface area (Å²) in [7, 11) is 3.84. The lowest BCUT2D eigenvalue weighted by atomic mass is 10.1. The van der Waals surface area contributed by atoms with E-state index in [4.69, 9.17) is 0 Å². The van der Waals surface area contributed by atoms with Crippen molar-refractivity contribution in [2.24, 2.45) is 5.92 Å². The van der Waals surface area contributed by atoms with Crippen LogP contribution in [0.15, 0.2) is 12.1 Å². The molecule has 1 fully saturated rings. The van der Waals surface area contributed by atoms with E-state index in [1.54, 1.807) is 0 Å². The molecule has 2 rings (SSSR count). The van der Waals surface area contributed by atoms with Crippen LogP contribution in [0.2, 0.25) is 0 Å². The summed E-state index contributed by atoms with van der Waals surface area (Å²) in [5.74, 6) is -2.86. The maximum atomic E-state index is 13.5. The second kappa shape index (κ2) is 5.75. The first-order chi connectivity index (χ1) is 9.40. The number of hydrogen-bond acceptors (Lipinski definition) is 3. The first-order valence-corrected chi connectivity index (χ1v) is 6.52. The number of benzene rings is 1. The number of phenolic OH excluding ortho intramolecular Hbond substituents is 1. The number of nitrogens with one attached hydrogen (secondary N) is 1. The van der Waals surface area contributed by atoms with Crippen molar-refractivity contribution in [1.82, 2.24) is 10.2 Å². The van der Waals surface area contributed by atoms with Crippen LogP contribution in [0.25, 0.3) is 0 Å². The molecule has 0 aliphatic heterocycles. The van der Waals surface area contributed by atoms with E-state index in [2.05, 4.69) is 5.32 Å². The summed E-state index contributed by atoms with van der Waals surface area (Å²) in [6, 6.07) is 1.49. The quantitative estimate of drug-likeness (QED) is 0.866. The minimum atomic E-state index is -1.06. The molecule has 0 heterocycles. The third-order valence-corrected chi connectivity index (χ3v) is 3.56. The zero-order chi connectivity index (χ0) is 14.9. The zero-order valence-electron chi connectivity index (χ0n) is 11.5. The summed E-state index contributed by atoms with van der Waals surface area (Å²) >= 11 is 0. The van der Waals surface area contributed by atoms with Gasteiger partial charge in [-0.25, -0.2) is 8.78 Å². The molecule has 0 radical (unpaired) electrons. The Bertz CT molecular complexity index is 491. The van der Waals surface area contributed by atoms with Crippen LogP contribution in [0.5, 0.6) is 5.75 Å². The fraction of sp³-hybridized carbons (Fsp3) is 0.500. The molecule has 0 spiro atoms. The van der Waals surface area contributed by atoms with Gasteiger partial charge in [0.15, 0.2) is 0 Å². The fourth-order valence-corrected chi connectivity index (χ4v) is 2.32. The second-order valence-corrected chi connectivity index (χ2v) is 5.36. The van der Waals surface area contributed by atoms with E-state index in [1.807, 2.05) is 19.0 Å². The number of likely N-dealkylation sites (N-methyl/N-ethyl adjacent to an activating group) is 1. The normalized spacial score (nSPS) is 16.2. The number of rotatable bonds is 5. The van der Waals surface area contributed by atoms with Gasteiger partial charge in [0.25, 0.3) is 5.91 Å². The van der Waals surface area contributed by atoms with Crippen LogP contribution >= 0.6 is 0 Å². The number of aromatic hydroxyl groups is 1. The van der Waals surface area contributed by atoms with E-state index in [0.29, 0.717) is 18.5 Å². The minimum Gasteiger partial charge on any atom is -0.507 e. The highest BCUT2D eigenvalue weighted by molar-refractivity contribution is 5.97. The lowest BCUT2D eigenvalue weighted by molar-refractivity contribution is 0.0932. The number of nitrogens with zero attached hydrogens (tertiary/aromatic N) is 1. The van der Waals surface area contributed by atoms with Gasteiger partial charge in [-0.05, 0) is 32.9 Å². The Hall–Kier alpha value is -1.69. The number of carbonyl (C=O) groups excluding carboxylic acids is 1. The lowest BCUT2D eigenvalue weighted by Gasteiger charge is -2.24. The predicted octanol–water partition coefficient (Wildman–Crippen LogP) is 1.74. The molecule has 20 heavy (non-hydrogen) atoms. The van der Waals surface area contributed by atoms with E-state index in [9.17, 15) is 18.7 Å². The molecule has 6 heteroatoms. The van der Waals surface area contributed by atoms with Gasteiger partial charge in [0.2, 0.25) is 0 Å². The summed E-state index contributed by atoms with van der Waals surface area (Å²) in [6.07, 6.45) is 2.24. The van der Waals surface area contributed by atoms with E-state index < -0.39 is 28.9 Å². The summed E-state index contributed by atoms with van der Waals surface area (Å²) in [6.45, 7) is 0.368. The van der Waals surface area contributed by atoms with Crippen LogP contribution in [-0.2, 0) is 0 Å². The Kier molecular flexibility index (Phi) is 4.23. The molecule has 1 aromatic rings. The monoisotopic (exact) mass is 284 g/mol. The number of halogens is 2. The van der Waals surface area contributed by atoms with Crippen molar-refractivity contribution in [2.45, 2.75) is 18.9 Å². The van der Waals surface area contributed by atoms with Crippen molar-refractivity contribution < 1.29 is 18.7 Å². The molecule has 2 N–H and O–H groups in total. The van der Waals surface area contributed by atoms with Gasteiger partial charge in [0, 0.05) is 24.7 Å². The van der Waals surface area contributed by atoms with Crippen LogP contribution in [0.1, 0.15) is 23.2 Å². The third-order valence-electron chi connectivity index (χ3n) is 3.56. The average molecular weight is 284 g/mol. The fourth-order valence-electron chi connectivity index (χ4n) is 2.32. The summed E-state index contributed by atoms with van der Waals surface area (Å²) in [5, 5.41) is 12.1. The Morgan fingerprint density at radius 2 is 2.10 bits per heavy atom. The molecule has 110 valence electrons. The summed E-state index contributed by atoms with van der Waals surface area (Å²) in [5.41, 5.74) is -0.514. The Labute approximate surface area is 116 Å². The molecule has 1 aliphatic carbocycles. The highest BCUT2D eigenvalue weighted by atomic mass is 19.1. The highest BCUT2D eigenvalue weighted by Gasteiger charge is 2.33. The maximum absolute atomic E-state index is 13.5. The van der Waals surface area contributed by atoms with E-state index in [0.717, 1.165) is 18.9 Å². The van der Waals surface area contributed by atoms with Gasteiger partial charge in [0.05, 0.1) is 0 Å². The zero-order valence-corrected chi connectivity index (χ0v) is 11.5. The number of amides is 1. The number of carbonyl (C=O) groups is 1. The van der Waals surface area contributed by atoms with Crippen LogP contribution in [-0.4, -0.2) is 42.6 Å². The molecule has 1 unspecified atom stereocenters. The molecule has 0 bridgehead atoms. The first kappa shape index (κ1) is 14.7. The molecular formula is C14H18F2N2O2. The van der Waals surface area contributed by atoms with Gasteiger partial charge >= 0.3 is 0 Å². The SMILES string of the molecule is CN(C)C(CNC(=O)c1c(O)cc(F)cc1F)C1CC1. The van der Waals surface area contributed by atoms with Crippen molar-refractivity contribution >= 4 is 5.91 Å². The first-order valence-electron chi connectivity index (χ1n) is 6.52. The standard InChI is InChI=1S/C14H18F2N2O2/c1-18(2)11(8-3-4-8)7-17-14(20)13-10(16)5-9(15)6-12(13)19/h5-6,8,11,19H,3-4,7H2,1-2H3,(H,17,20). The number of phenols is 1. The molecule has 1 saturated carbocycles. The molecule has 4 nitrogen and oxygen atoms in total. The van der Waals surface area contributed by atoms with Crippen LogP contribution in [0.3, 0.4) is 0 Å². The Balaban J connectivity index is 2.05. The third kappa shape index (κ3) is 3.25. The molecular weight excluding hydrogens is 266 g/mol. The van der Waals surface area contributed by atoms with Gasteiger partial charge in [-0.3, -0.25) is 4.79 Å². The van der Waals surface area contributed by atoms with Crippen molar-refractivity contribution in [2.75, 3.05) is 20.6 Å². The number of hydrogen-bond donors (Lipinski definition) is 2. The van der Waals surface area contributed by atoms with Gasteiger partial charge in [0.1, 0.15) is 22.9 Å². The smallest absolute Gasteiger partial charge is 0.258 e. The van der Waals surface area contributed by atoms with Gasteiger partial charge < -0.3 is 15.3 Å². The van der Waals surface area contributed by atoms with Gasteiger partial charge in [-0.15, -0.1) is 0 Å². The molecule has 0 saturated heterocycles. The topological polar surface area (TPSA) is 52.6 Å². The van der Waals surface area contributed by atoms with E-state index in [-0.39, 0.29) is 6.04 Å². The molecule has 1 aromatic carbocycles. The molecule has 1 aliphatic rings. The van der Waals surface area contributed by atoms with Gasteiger partial charge in [-0.1, -0.05) is 0 Å². The molecule has 1 amide bonds. The average Bonchev–Trinajstić information content (AvgIpc) is 3.11. The van der Waals surface area contributed by atoms with Crippen molar-refractivity contribution in [3.05, 3.63) is 29.3 Å². The van der Waals surface area contributed by atoms with Crippen LogP contribution in [0, 0.1) is 17.6 Å².